The van der Waals surface area contributed by atoms with Crippen molar-refractivity contribution in [3.63, 3.8) is 0 Å². The van der Waals surface area contributed by atoms with Crippen LogP contribution < -0.4 is 4.74 Å². The number of thiocarbonyl (C=S) groups is 1. The first-order chi connectivity index (χ1) is 16.2. The van der Waals surface area contributed by atoms with E-state index in [9.17, 15) is 4.79 Å². The van der Waals surface area contributed by atoms with E-state index in [1.165, 1.54) is 11.8 Å². The second-order valence-electron chi connectivity index (χ2n) is 8.24. The van der Waals surface area contributed by atoms with Gasteiger partial charge in [-0.1, -0.05) is 60.4 Å². The van der Waals surface area contributed by atoms with Gasteiger partial charge in [0.15, 0.2) is 0 Å². The van der Waals surface area contributed by atoms with Crippen molar-refractivity contribution in [3.8, 4) is 5.75 Å². The molecule has 3 heterocycles. The fourth-order valence-corrected chi connectivity index (χ4v) is 5.57. The number of para-hydroxylation sites is 2. The molecule has 1 atom stereocenters. The van der Waals surface area contributed by atoms with Crippen LogP contribution in [0.3, 0.4) is 0 Å². The number of carbonyl (C=O) groups is 1. The summed E-state index contributed by atoms with van der Waals surface area (Å²) in [5.74, 6) is 0.870. The van der Waals surface area contributed by atoms with E-state index >= 15 is 0 Å². The van der Waals surface area contributed by atoms with Crippen molar-refractivity contribution in [2.45, 2.75) is 31.9 Å². The SMILES string of the molecule is O=C1/C(=C/c2cn(CCCOc3ccccc3)c3ccccc23)SC(=S)N1C[C@@H]1CCCO1. The van der Waals surface area contributed by atoms with Crippen LogP contribution in [-0.2, 0) is 16.1 Å². The third-order valence-corrected chi connectivity index (χ3v) is 7.32. The number of nitrogens with zero attached hydrogens (tertiary/aromatic N) is 2. The van der Waals surface area contributed by atoms with Gasteiger partial charge in [0.2, 0.25) is 0 Å². The molecule has 2 aromatic carbocycles. The van der Waals surface area contributed by atoms with Crippen LogP contribution in [0, 0.1) is 0 Å². The Balaban J connectivity index is 1.30. The summed E-state index contributed by atoms with van der Waals surface area (Å²) in [6.45, 7) is 2.80. The Morgan fingerprint density at radius 3 is 2.79 bits per heavy atom. The zero-order valence-electron chi connectivity index (χ0n) is 18.3. The van der Waals surface area contributed by atoms with Crippen LogP contribution in [-0.4, -0.2) is 45.6 Å². The summed E-state index contributed by atoms with van der Waals surface area (Å²) in [7, 11) is 0. The zero-order valence-corrected chi connectivity index (χ0v) is 19.9. The lowest BCUT2D eigenvalue weighted by atomic mass is 10.1. The zero-order chi connectivity index (χ0) is 22.6. The Bertz CT molecular complexity index is 1180. The Labute approximate surface area is 203 Å². The number of ether oxygens (including phenoxy) is 2. The lowest BCUT2D eigenvalue weighted by Gasteiger charge is -2.18. The molecule has 0 unspecified atom stereocenters. The molecular formula is C26H26N2O3S2. The number of hydrogen-bond donors (Lipinski definition) is 0. The quantitative estimate of drug-likeness (QED) is 0.243. The predicted molar refractivity (Wildman–Crippen MR) is 137 cm³/mol. The van der Waals surface area contributed by atoms with Gasteiger partial charge >= 0.3 is 0 Å². The number of aryl methyl sites for hydroxylation is 1. The number of carbonyl (C=O) groups excluding carboxylic acids is 1. The summed E-state index contributed by atoms with van der Waals surface area (Å²) in [6, 6.07) is 18.2. The van der Waals surface area contributed by atoms with E-state index in [1.807, 2.05) is 48.5 Å². The van der Waals surface area contributed by atoms with Crippen LogP contribution >= 0.6 is 24.0 Å². The van der Waals surface area contributed by atoms with E-state index in [0.717, 1.165) is 54.6 Å². The smallest absolute Gasteiger partial charge is 0.266 e. The highest BCUT2D eigenvalue weighted by atomic mass is 32.2. The van der Waals surface area contributed by atoms with E-state index in [1.54, 1.807) is 4.90 Å². The molecule has 0 spiro atoms. The third kappa shape index (κ3) is 5.00. The standard InChI is InChI=1S/C26H26N2O3S2/c29-25-24(33-26(32)28(25)18-21-10-6-14-31-21)16-19-17-27(23-12-5-4-11-22(19)23)13-7-15-30-20-8-2-1-3-9-20/h1-5,8-9,11-12,16-17,21H,6-7,10,13-15,18H2/b24-16-/t21-/m0/s1. The average Bonchev–Trinajstić information content (AvgIpc) is 3.54. The van der Waals surface area contributed by atoms with Crippen molar-refractivity contribution in [1.29, 1.82) is 0 Å². The van der Waals surface area contributed by atoms with Gasteiger partial charge in [-0.15, -0.1) is 0 Å². The highest BCUT2D eigenvalue weighted by molar-refractivity contribution is 8.26. The van der Waals surface area contributed by atoms with Crippen LogP contribution in [0.1, 0.15) is 24.8 Å². The van der Waals surface area contributed by atoms with Crippen molar-refractivity contribution in [3.05, 3.63) is 71.3 Å². The second kappa shape index (κ2) is 10.1. The number of rotatable bonds is 8. The first-order valence-corrected chi connectivity index (χ1v) is 12.5. The predicted octanol–water partition coefficient (Wildman–Crippen LogP) is 5.49. The maximum atomic E-state index is 13.1. The van der Waals surface area contributed by atoms with Crippen LogP contribution in [0.2, 0.25) is 0 Å². The first kappa shape index (κ1) is 22.2. The number of hydrogen-bond acceptors (Lipinski definition) is 5. The maximum Gasteiger partial charge on any atom is 0.266 e. The van der Waals surface area contributed by atoms with Gasteiger partial charge in [-0.2, -0.15) is 0 Å². The largest absolute Gasteiger partial charge is 0.494 e. The van der Waals surface area contributed by atoms with E-state index in [4.69, 9.17) is 21.7 Å². The van der Waals surface area contributed by atoms with Gasteiger partial charge in [0.1, 0.15) is 10.1 Å². The summed E-state index contributed by atoms with van der Waals surface area (Å²) >= 11 is 6.89. The van der Waals surface area contributed by atoms with Crippen molar-refractivity contribution in [2.24, 2.45) is 0 Å². The summed E-state index contributed by atoms with van der Waals surface area (Å²) in [6.07, 6.45) is 7.11. The van der Waals surface area contributed by atoms with E-state index in [0.29, 0.717) is 22.4 Å². The molecule has 2 saturated heterocycles. The monoisotopic (exact) mass is 478 g/mol. The fourth-order valence-electron chi connectivity index (χ4n) is 4.31. The Morgan fingerprint density at radius 1 is 1.15 bits per heavy atom. The van der Waals surface area contributed by atoms with Crippen LogP contribution in [0.5, 0.6) is 5.75 Å². The average molecular weight is 479 g/mol. The molecule has 2 aliphatic rings. The van der Waals surface area contributed by atoms with Crippen LogP contribution in [0.25, 0.3) is 17.0 Å². The first-order valence-electron chi connectivity index (χ1n) is 11.3. The summed E-state index contributed by atoms with van der Waals surface area (Å²) in [4.78, 5) is 15.4. The molecule has 5 rings (SSSR count). The maximum absolute atomic E-state index is 13.1. The third-order valence-electron chi connectivity index (χ3n) is 5.95. The molecule has 170 valence electrons. The summed E-state index contributed by atoms with van der Waals surface area (Å²) in [5, 5.41) is 1.13. The number of aromatic nitrogens is 1. The van der Waals surface area contributed by atoms with Crippen molar-refractivity contribution >= 4 is 51.2 Å². The number of thioether (sulfide) groups is 1. The molecule has 33 heavy (non-hydrogen) atoms. The minimum absolute atomic E-state index is 0.0198. The van der Waals surface area contributed by atoms with Gasteiger partial charge in [-0.25, -0.2) is 0 Å². The van der Waals surface area contributed by atoms with Crippen LogP contribution in [0.15, 0.2) is 65.7 Å². The Morgan fingerprint density at radius 2 is 1.97 bits per heavy atom. The van der Waals surface area contributed by atoms with Crippen molar-refractivity contribution < 1.29 is 14.3 Å². The van der Waals surface area contributed by atoms with Crippen molar-refractivity contribution in [1.82, 2.24) is 9.47 Å². The summed E-state index contributed by atoms with van der Waals surface area (Å²) < 4.78 is 14.4. The molecule has 0 N–H and O–H groups in total. The number of amides is 1. The number of benzene rings is 2. The van der Waals surface area contributed by atoms with E-state index < -0.39 is 0 Å². The normalized spacial score (nSPS) is 19.8. The molecule has 1 aromatic heterocycles. The van der Waals surface area contributed by atoms with Gasteiger partial charge in [-0.3, -0.25) is 9.69 Å². The van der Waals surface area contributed by atoms with Gasteiger partial charge in [-0.05, 0) is 43.5 Å². The molecule has 0 aliphatic carbocycles. The van der Waals surface area contributed by atoms with Gasteiger partial charge in [0.05, 0.1) is 24.2 Å². The molecule has 0 radical (unpaired) electrons. The molecule has 1 amide bonds. The lowest BCUT2D eigenvalue weighted by Crippen LogP contribution is -2.35. The molecule has 0 bridgehead atoms. The number of fused-ring (bicyclic) bond motifs is 1. The van der Waals surface area contributed by atoms with Crippen molar-refractivity contribution in [2.75, 3.05) is 19.8 Å². The minimum atomic E-state index is -0.0198. The molecular weight excluding hydrogens is 452 g/mol. The van der Waals surface area contributed by atoms with Gasteiger partial charge in [0, 0.05) is 35.8 Å². The second-order valence-corrected chi connectivity index (χ2v) is 9.91. The van der Waals surface area contributed by atoms with E-state index in [2.05, 4.69) is 22.9 Å². The molecule has 0 saturated carbocycles. The minimum Gasteiger partial charge on any atom is -0.494 e. The van der Waals surface area contributed by atoms with Gasteiger partial charge < -0.3 is 14.0 Å². The highest BCUT2D eigenvalue weighted by Gasteiger charge is 2.34. The highest BCUT2D eigenvalue weighted by Crippen LogP contribution is 2.35. The topological polar surface area (TPSA) is 43.7 Å². The Kier molecular flexibility index (Phi) is 6.80. The lowest BCUT2D eigenvalue weighted by molar-refractivity contribution is -0.123. The molecule has 2 fully saturated rings. The summed E-state index contributed by atoms with van der Waals surface area (Å²) in [5.41, 5.74) is 2.19. The fraction of sp³-hybridized carbons (Fsp3) is 0.308. The Hall–Kier alpha value is -2.61. The van der Waals surface area contributed by atoms with E-state index in [-0.39, 0.29) is 12.0 Å². The molecule has 2 aliphatic heterocycles. The molecule has 5 nitrogen and oxygen atoms in total. The molecule has 3 aromatic rings. The van der Waals surface area contributed by atoms with Gasteiger partial charge in [0.25, 0.3) is 5.91 Å². The van der Waals surface area contributed by atoms with Crippen LogP contribution in [0.4, 0.5) is 0 Å². The molecule has 7 heteroatoms.